The number of hydrogen-bond acceptors (Lipinski definition) is 5. The van der Waals surface area contributed by atoms with Crippen molar-refractivity contribution >= 4 is 44.1 Å². The molecule has 1 aromatic heterocycles. The van der Waals surface area contributed by atoms with Crippen molar-refractivity contribution in [2.24, 2.45) is 4.99 Å². The zero-order chi connectivity index (χ0) is 14.8. The van der Waals surface area contributed by atoms with Crippen LogP contribution in [0.25, 0.3) is 0 Å². The number of aromatic nitrogens is 1. The first-order valence-corrected chi connectivity index (χ1v) is 9.20. The van der Waals surface area contributed by atoms with Gasteiger partial charge in [-0.25, -0.2) is 4.99 Å². The van der Waals surface area contributed by atoms with Crippen LogP contribution in [-0.2, 0) is 0 Å². The minimum Gasteiger partial charge on any atom is -0.339 e. The summed E-state index contributed by atoms with van der Waals surface area (Å²) in [5, 5.41) is 0.394. The molecule has 4 nitrogen and oxygen atoms in total. The van der Waals surface area contributed by atoms with Gasteiger partial charge in [-0.3, -0.25) is 4.79 Å². The number of aryl methyl sites for hydroxylation is 1. The third kappa shape index (κ3) is 3.17. The molecule has 1 fully saturated rings. The molecular formula is C14H14ClN3OS2. The molecule has 0 N–H and O–H groups in total. The Kier molecular flexibility index (Phi) is 4.37. The van der Waals surface area contributed by atoms with Gasteiger partial charge < -0.3 is 4.90 Å². The molecule has 0 bridgehead atoms. The molecule has 0 radical (unpaired) electrons. The van der Waals surface area contributed by atoms with Gasteiger partial charge in [0.15, 0.2) is 9.82 Å². The first-order chi connectivity index (χ1) is 10.1. The second-order valence-corrected chi connectivity index (χ2v) is 7.17. The monoisotopic (exact) mass is 339 g/mol. The van der Waals surface area contributed by atoms with Crippen molar-refractivity contribution in [1.29, 1.82) is 0 Å². The van der Waals surface area contributed by atoms with Gasteiger partial charge in [-0.1, -0.05) is 23.2 Å². The lowest BCUT2D eigenvalue weighted by atomic mass is 10.1. The van der Waals surface area contributed by atoms with E-state index in [1.165, 1.54) is 20.9 Å². The molecule has 110 valence electrons. The SMILES string of the molecule is Cc1ccc(N=c2ssnc2Cl)c(C(=O)N2CCCC2)c1. The van der Waals surface area contributed by atoms with Crippen molar-refractivity contribution in [3.05, 3.63) is 39.2 Å². The summed E-state index contributed by atoms with van der Waals surface area (Å²) in [4.78, 5) is 19.1. The van der Waals surface area contributed by atoms with Crippen molar-refractivity contribution in [3.63, 3.8) is 0 Å². The molecule has 0 atom stereocenters. The maximum Gasteiger partial charge on any atom is 0.256 e. The molecule has 3 rings (SSSR count). The van der Waals surface area contributed by atoms with Gasteiger partial charge in [0.2, 0.25) is 0 Å². The van der Waals surface area contributed by atoms with Gasteiger partial charge >= 0.3 is 0 Å². The van der Waals surface area contributed by atoms with Crippen LogP contribution in [0.1, 0.15) is 28.8 Å². The van der Waals surface area contributed by atoms with Crippen LogP contribution in [0.2, 0.25) is 5.15 Å². The highest BCUT2D eigenvalue weighted by atomic mass is 35.5. The summed E-state index contributed by atoms with van der Waals surface area (Å²) in [6.45, 7) is 3.64. The summed E-state index contributed by atoms with van der Waals surface area (Å²) in [7, 11) is 2.71. The molecule has 0 unspecified atom stereocenters. The van der Waals surface area contributed by atoms with E-state index in [-0.39, 0.29) is 5.91 Å². The summed E-state index contributed by atoms with van der Waals surface area (Å²) in [6.07, 6.45) is 2.15. The van der Waals surface area contributed by atoms with E-state index in [0.29, 0.717) is 21.1 Å². The predicted molar refractivity (Wildman–Crippen MR) is 86.5 cm³/mol. The second-order valence-electron chi connectivity index (χ2n) is 4.98. The van der Waals surface area contributed by atoms with Crippen molar-refractivity contribution in [1.82, 2.24) is 9.27 Å². The maximum absolute atomic E-state index is 12.7. The number of carbonyl (C=O) groups is 1. The molecule has 1 saturated heterocycles. The lowest BCUT2D eigenvalue weighted by Crippen LogP contribution is -2.27. The molecule has 2 heterocycles. The number of amides is 1. The van der Waals surface area contributed by atoms with E-state index in [9.17, 15) is 4.79 Å². The Morgan fingerprint density at radius 2 is 2.14 bits per heavy atom. The van der Waals surface area contributed by atoms with Crippen LogP contribution in [-0.4, -0.2) is 28.3 Å². The lowest BCUT2D eigenvalue weighted by Gasteiger charge is -2.16. The van der Waals surface area contributed by atoms with Gasteiger partial charge in [-0.15, -0.1) is 0 Å². The maximum atomic E-state index is 12.7. The van der Waals surface area contributed by atoms with Crippen molar-refractivity contribution in [3.8, 4) is 0 Å². The Bertz CT molecular complexity index is 732. The lowest BCUT2D eigenvalue weighted by molar-refractivity contribution is 0.0793. The average molecular weight is 340 g/mol. The van der Waals surface area contributed by atoms with E-state index in [0.717, 1.165) is 31.5 Å². The summed E-state index contributed by atoms with van der Waals surface area (Å²) in [6, 6.07) is 5.73. The minimum atomic E-state index is 0.0549. The molecule has 0 spiro atoms. The molecule has 1 aromatic carbocycles. The summed E-state index contributed by atoms with van der Waals surface area (Å²) in [5.41, 5.74) is 2.36. The van der Waals surface area contributed by atoms with Crippen molar-refractivity contribution in [2.75, 3.05) is 13.1 Å². The van der Waals surface area contributed by atoms with Crippen LogP contribution in [0.4, 0.5) is 5.69 Å². The van der Waals surface area contributed by atoms with Crippen molar-refractivity contribution < 1.29 is 4.79 Å². The number of nitrogens with zero attached hydrogens (tertiary/aromatic N) is 3. The molecule has 1 amide bonds. The molecule has 0 saturated carbocycles. The fourth-order valence-electron chi connectivity index (χ4n) is 2.34. The standard InChI is InChI=1S/C14H14ClN3OS2/c1-9-4-5-11(16-13-12(15)17-21-20-13)10(8-9)14(19)18-6-2-3-7-18/h4-5,8H,2-3,6-7H2,1H3. The fraction of sp³-hybridized carbons (Fsp3) is 0.357. The van der Waals surface area contributed by atoms with E-state index in [1.54, 1.807) is 0 Å². The average Bonchev–Trinajstić information content (AvgIpc) is 3.12. The molecule has 7 heteroatoms. The van der Waals surface area contributed by atoms with Gasteiger partial charge in [0, 0.05) is 23.6 Å². The highest BCUT2D eigenvalue weighted by Crippen LogP contribution is 2.24. The summed E-state index contributed by atoms with van der Waals surface area (Å²) >= 11 is 6.00. The number of hydrogen-bond donors (Lipinski definition) is 0. The highest BCUT2D eigenvalue weighted by molar-refractivity contribution is 7.66. The fourth-order valence-corrected chi connectivity index (χ4v) is 4.33. The molecule has 1 aliphatic rings. The normalized spacial score (nSPS) is 15.7. The quantitative estimate of drug-likeness (QED) is 0.784. The molecule has 21 heavy (non-hydrogen) atoms. The Balaban J connectivity index is 2.05. The topological polar surface area (TPSA) is 45.6 Å². The first-order valence-electron chi connectivity index (χ1n) is 6.71. The van der Waals surface area contributed by atoms with Gasteiger partial charge in [-0.2, -0.15) is 4.37 Å². The predicted octanol–water partition coefficient (Wildman–Crippen LogP) is 3.63. The molecule has 0 aliphatic carbocycles. The van der Waals surface area contributed by atoms with Crippen LogP contribution in [0, 0.1) is 6.92 Å². The molecule has 1 aliphatic heterocycles. The van der Waals surface area contributed by atoms with Crippen LogP contribution < -0.4 is 4.67 Å². The van der Waals surface area contributed by atoms with Crippen LogP contribution >= 0.6 is 32.5 Å². The number of halogens is 1. The Labute approximate surface area is 135 Å². The summed E-state index contributed by atoms with van der Waals surface area (Å²) in [5.74, 6) is 0.0549. The number of rotatable bonds is 2. The third-order valence-corrected chi connectivity index (χ3v) is 5.58. The highest BCUT2D eigenvalue weighted by Gasteiger charge is 2.22. The first kappa shape index (κ1) is 14.7. The number of likely N-dealkylation sites (tertiary alicyclic amines) is 1. The van der Waals surface area contributed by atoms with Crippen molar-refractivity contribution in [2.45, 2.75) is 19.8 Å². The summed E-state index contributed by atoms with van der Waals surface area (Å²) < 4.78 is 4.67. The Hall–Kier alpha value is -1.24. The molecule has 2 aromatic rings. The zero-order valence-electron chi connectivity index (χ0n) is 11.5. The van der Waals surface area contributed by atoms with E-state index >= 15 is 0 Å². The van der Waals surface area contributed by atoms with Gasteiger partial charge in [0.1, 0.15) is 0 Å². The number of carbonyl (C=O) groups excluding carboxylic acids is 1. The van der Waals surface area contributed by atoms with E-state index in [4.69, 9.17) is 11.6 Å². The largest absolute Gasteiger partial charge is 0.339 e. The smallest absolute Gasteiger partial charge is 0.256 e. The van der Waals surface area contributed by atoms with E-state index < -0.39 is 0 Å². The Morgan fingerprint density at radius 3 is 2.81 bits per heavy atom. The van der Waals surface area contributed by atoms with Gasteiger partial charge in [0.25, 0.3) is 5.91 Å². The van der Waals surface area contributed by atoms with E-state index in [1.807, 2.05) is 30.0 Å². The molecular weight excluding hydrogens is 326 g/mol. The van der Waals surface area contributed by atoms with Crippen LogP contribution in [0.5, 0.6) is 0 Å². The zero-order valence-corrected chi connectivity index (χ0v) is 13.9. The Morgan fingerprint density at radius 1 is 1.38 bits per heavy atom. The van der Waals surface area contributed by atoms with E-state index in [2.05, 4.69) is 9.37 Å². The van der Waals surface area contributed by atoms with Gasteiger partial charge in [0.05, 0.1) is 11.3 Å². The minimum absolute atomic E-state index is 0.0549. The third-order valence-electron chi connectivity index (χ3n) is 3.41. The van der Waals surface area contributed by atoms with Crippen LogP contribution in [0.15, 0.2) is 23.2 Å². The number of benzene rings is 1. The second kappa shape index (κ2) is 6.25. The van der Waals surface area contributed by atoms with Gasteiger partial charge in [-0.05, 0) is 42.2 Å². The van der Waals surface area contributed by atoms with Crippen LogP contribution in [0.3, 0.4) is 0 Å².